The Morgan fingerprint density at radius 1 is 1.29 bits per heavy atom. The van der Waals surface area contributed by atoms with Crippen LogP contribution in [-0.4, -0.2) is 25.5 Å². The van der Waals surface area contributed by atoms with Crippen molar-refractivity contribution < 1.29 is 23.4 Å². The minimum atomic E-state index is -2.66. The van der Waals surface area contributed by atoms with E-state index >= 15 is 0 Å². The fourth-order valence-electron chi connectivity index (χ4n) is 1.75. The number of nitrogens with one attached hydrogen (secondary N) is 1. The largest absolute Gasteiger partial charge is 0.454 e. The van der Waals surface area contributed by atoms with Gasteiger partial charge >= 0.3 is 0 Å². The molecule has 2 rings (SSSR count). The smallest absolute Gasteiger partial charge is 0.264 e. The van der Waals surface area contributed by atoms with Crippen molar-refractivity contribution in [2.45, 2.75) is 12.5 Å². The van der Waals surface area contributed by atoms with Crippen LogP contribution in [0.15, 0.2) is 12.1 Å². The maximum Gasteiger partial charge on any atom is 0.264 e. The molecule has 1 aromatic rings. The molecule has 0 aliphatic carbocycles. The Hall–Kier alpha value is -1.40. The summed E-state index contributed by atoms with van der Waals surface area (Å²) in [4.78, 5) is 0. The van der Waals surface area contributed by atoms with Crippen LogP contribution in [0.5, 0.6) is 11.5 Å². The van der Waals surface area contributed by atoms with Gasteiger partial charge in [0, 0.05) is 12.1 Å². The molecule has 17 heavy (non-hydrogen) atoms. The molecule has 1 aromatic carbocycles. The van der Waals surface area contributed by atoms with Crippen LogP contribution in [0, 0.1) is 0 Å². The number of hydrogen-bond acceptors (Lipinski definition) is 4. The van der Waals surface area contributed by atoms with Crippen LogP contribution in [0.4, 0.5) is 8.78 Å². The third-order valence-electron chi connectivity index (χ3n) is 2.57. The van der Waals surface area contributed by atoms with Crippen LogP contribution >= 0.6 is 0 Å². The lowest BCUT2D eigenvalue weighted by atomic mass is 10.0. The van der Waals surface area contributed by atoms with Gasteiger partial charge in [0.1, 0.15) is 0 Å². The maximum absolute atomic E-state index is 12.9. The highest BCUT2D eigenvalue weighted by Crippen LogP contribution is 2.39. The number of rotatable bonds is 4. The number of fused-ring (bicyclic) bond motifs is 1. The van der Waals surface area contributed by atoms with Gasteiger partial charge in [-0.25, -0.2) is 8.78 Å². The van der Waals surface area contributed by atoms with E-state index in [0.717, 1.165) is 0 Å². The van der Waals surface area contributed by atoms with Crippen LogP contribution in [-0.2, 0) is 0 Å². The summed E-state index contributed by atoms with van der Waals surface area (Å²) in [5.41, 5.74) is -0.0596. The molecule has 94 valence electrons. The first-order chi connectivity index (χ1) is 8.13. The third-order valence-corrected chi connectivity index (χ3v) is 2.57. The summed E-state index contributed by atoms with van der Waals surface area (Å²) >= 11 is 0. The van der Waals surface area contributed by atoms with Crippen LogP contribution in [0.25, 0.3) is 0 Å². The number of alkyl halides is 2. The van der Waals surface area contributed by atoms with Crippen LogP contribution < -0.4 is 14.8 Å². The van der Waals surface area contributed by atoms with Gasteiger partial charge in [0.15, 0.2) is 11.5 Å². The lowest BCUT2D eigenvalue weighted by Crippen LogP contribution is -2.18. The normalized spacial score (nSPS) is 15.4. The standard InChI is InChI=1S/C11H13F2NO3/c1-14-4-8(15)6-2-9-10(17-5-16-9)3-7(6)11(12)13/h2-3,8,11,14-15H,4-5H2,1H3. The van der Waals surface area contributed by atoms with E-state index in [9.17, 15) is 13.9 Å². The molecule has 0 aromatic heterocycles. The number of hydrogen-bond donors (Lipinski definition) is 2. The first-order valence-corrected chi connectivity index (χ1v) is 5.17. The van der Waals surface area contributed by atoms with Crippen molar-refractivity contribution in [3.8, 4) is 11.5 Å². The highest BCUT2D eigenvalue weighted by atomic mass is 19.3. The van der Waals surface area contributed by atoms with Crippen LogP contribution in [0.2, 0.25) is 0 Å². The van der Waals surface area contributed by atoms with Gasteiger partial charge in [0.2, 0.25) is 6.79 Å². The van der Waals surface area contributed by atoms with Gasteiger partial charge in [-0.3, -0.25) is 0 Å². The van der Waals surface area contributed by atoms with Crippen molar-refractivity contribution in [1.82, 2.24) is 5.32 Å². The molecule has 0 spiro atoms. The Bertz CT molecular complexity index is 412. The molecule has 1 aliphatic rings. The number of halogens is 2. The molecule has 4 nitrogen and oxygen atoms in total. The van der Waals surface area contributed by atoms with E-state index in [1.165, 1.54) is 12.1 Å². The lowest BCUT2D eigenvalue weighted by molar-refractivity contribution is 0.136. The number of likely N-dealkylation sites (N-methyl/N-ethyl adjacent to an activating group) is 1. The summed E-state index contributed by atoms with van der Waals surface area (Å²) in [7, 11) is 1.64. The molecular formula is C11H13F2NO3. The second-order valence-electron chi connectivity index (χ2n) is 3.71. The first-order valence-electron chi connectivity index (χ1n) is 5.17. The molecule has 1 aliphatic heterocycles. The summed E-state index contributed by atoms with van der Waals surface area (Å²) in [5, 5.41) is 12.5. The van der Waals surface area contributed by atoms with Gasteiger partial charge in [0.25, 0.3) is 6.43 Å². The zero-order valence-electron chi connectivity index (χ0n) is 9.24. The average molecular weight is 245 g/mol. The van der Waals surface area contributed by atoms with Gasteiger partial charge in [-0.1, -0.05) is 0 Å². The number of aliphatic hydroxyl groups excluding tert-OH is 1. The summed E-state index contributed by atoms with van der Waals surface area (Å²) in [5.74, 6) is 0.681. The maximum atomic E-state index is 12.9. The molecule has 0 bridgehead atoms. The molecule has 1 heterocycles. The molecule has 0 amide bonds. The number of benzene rings is 1. The van der Waals surface area contributed by atoms with E-state index in [1.54, 1.807) is 7.05 Å². The molecule has 6 heteroatoms. The quantitative estimate of drug-likeness (QED) is 0.846. The van der Waals surface area contributed by atoms with Gasteiger partial charge < -0.3 is 19.9 Å². The lowest BCUT2D eigenvalue weighted by Gasteiger charge is -2.15. The first kappa shape index (κ1) is 12.1. The minimum Gasteiger partial charge on any atom is -0.454 e. The zero-order valence-corrected chi connectivity index (χ0v) is 9.24. The van der Waals surface area contributed by atoms with E-state index in [2.05, 4.69) is 5.32 Å². The molecule has 0 fully saturated rings. The van der Waals surface area contributed by atoms with E-state index in [0.29, 0.717) is 11.5 Å². The summed E-state index contributed by atoms with van der Waals surface area (Å²) in [6.45, 7) is 0.211. The van der Waals surface area contributed by atoms with E-state index in [4.69, 9.17) is 9.47 Å². The van der Waals surface area contributed by atoms with Crippen LogP contribution in [0.1, 0.15) is 23.7 Å². The van der Waals surface area contributed by atoms with Crippen molar-refractivity contribution in [2.75, 3.05) is 20.4 Å². The Balaban J connectivity index is 2.41. The summed E-state index contributed by atoms with van der Waals surface area (Å²) in [6, 6.07) is 2.63. The molecule has 2 N–H and O–H groups in total. The van der Waals surface area contributed by atoms with Crippen molar-refractivity contribution in [2.24, 2.45) is 0 Å². The Morgan fingerprint density at radius 2 is 1.88 bits per heavy atom. The van der Waals surface area contributed by atoms with Gasteiger partial charge in [0.05, 0.1) is 6.10 Å². The van der Waals surface area contributed by atoms with E-state index in [-0.39, 0.29) is 24.5 Å². The second-order valence-corrected chi connectivity index (χ2v) is 3.71. The van der Waals surface area contributed by atoms with E-state index in [1.807, 2.05) is 0 Å². The Morgan fingerprint density at radius 3 is 2.41 bits per heavy atom. The molecule has 1 unspecified atom stereocenters. The zero-order chi connectivity index (χ0) is 12.4. The second kappa shape index (κ2) is 4.85. The molecule has 0 saturated heterocycles. The molecule has 0 radical (unpaired) electrons. The van der Waals surface area contributed by atoms with Gasteiger partial charge in [-0.2, -0.15) is 0 Å². The molecule has 0 saturated carbocycles. The fourth-order valence-corrected chi connectivity index (χ4v) is 1.75. The number of aliphatic hydroxyl groups is 1. The van der Waals surface area contributed by atoms with Gasteiger partial charge in [-0.05, 0) is 24.7 Å². The average Bonchev–Trinajstić information content (AvgIpc) is 2.74. The SMILES string of the molecule is CNCC(O)c1cc2c(cc1C(F)F)OCO2. The van der Waals surface area contributed by atoms with E-state index < -0.39 is 12.5 Å². The van der Waals surface area contributed by atoms with Crippen molar-refractivity contribution >= 4 is 0 Å². The van der Waals surface area contributed by atoms with Crippen LogP contribution in [0.3, 0.4) is 0 Å². The summed E-state index contributed by atoms with van der Waals surface area (Å²) in [6.07, 6.45) is -3.66. The van der Waals surface area contributed by atoms with Gasteiger partial charge in [-0.15, -0.1) is 0 Å². The topological polar surface area (TPSA) is 50.7 Å². The number of ether oxygens (including phenoxy) is 2. The monoisotopic (exact) mass is 245 g/mol. The summed E-state index contributed by atoms with van der Waals surface area (Å²) < 4.78 is 35.9. The highest BCUT2D eigenvalue weighted by molar-refractivity contribution is 5.50. The highest BCUT2D eigenvalue weighted by Gasteiger charge is 2.24. The van der Waals surface area contributed by atoms with Crippen molar-refractivity contribution in [3.63, 3.8) is 0 Å². The third kappa shape index (κ3) is 2.32. The molecular weight excluding hydrogens is 232 g/mol. The van der Waals surface area contributed by atoms with Crippen molar-refractivity contribution in [3.05, 3.63) is 23.3 Å². The minimum absolute atomic E-state index is 0.0174. The predicted octanol–water partition coefficient (Wildman–Crippen LogP) is 1.61. The fraction of sp³-hybridized carbons (Fsp3) is 0.455. The Labute approximate surface area is 97.2 Å². The molecule has 1 atom stereocenters. The predicted molar refractivity (Wildman–Crippen MR) is 56.4 cm³/mol. The Kier molecular flexibility index (Phi) is 3.44. The van der Waals surface area contributed by atoms with Crippen molar-refractivity contribution in [1.29, 1.82) is 0 Å².